The van der Waals surface area contributed by atoms with Crippen molar-refractivity contribution in [2.75, 3.05) is 25.0 Å². The van der Waals surface area contributed by atoms with Crippen molar-refractivity contribution >= 4 is 28.4 Å². The first-order chi connectivity index (χ1) is 15.3. The summed E-state index contributed by atoms with van der Waals surface area (Å²) in [4.78, 5) is 27.5. The summed E-state index contributed by atoms with van der Waals surface area (Å²) in [6.45, 7) is 4.40. The summed E-state index contributed by atoms with van der Waals surface area (Å²) in [6.07, 6.45) is 4.84. The molecule has 1 aliphatic heterocycles. The van der Waals surface area contributed by atoms with Crippen LogP contribution in [0.3, 0.4) is 0 Å². The number of halogens is 2. The van der Waals surface area contributed by atoms with E-state index >= 15 is 8.78 Å². The topological polar surface area (TPSA) is 98.2 Å². The van der Waals surface area contributed by atoms with Gasteiger partial charge in [0.2, 0.25) is 5.95 Å². The SMILES string of the molecule is CCN1CC[C@@H](n2c(=O)n(C)c3cnc(Nc4cn5ncnc5cc4C)nc32)C(F)(F)C1. The fourth-order valence-electron chi connectivity index (χ4n) is 4.27. The zero-order valence-electron chi connectivity index (χ0n) is 18.0. The van der Waals surface area contributed by atoms with E-state index in [1.165, 1.54) is 17.1 Å². The zero-order chi connectivity index (χ0) is 22.6. The first-order valence-corrected chi connectivity index (χ1v) is 10.4. The number of piperidine rings is 1. The van der Waals surface area contributed by atoms with Crippen molar-refractivity contribution in [2.24, 2.45) is 7.05 Å². The van der Waals surface area contributed by atoms with Crippen molar-refractivity contribution in [3.63, 3.8) is 0 Å². The molecule has 5 heterocycles. The van der Waals surface area contributed by atoms with E-state index in [1.807, 2.05) is 19.9 Å². The molecule has 0 spiro atoms. The zero-order valence-corrected chi connectivity index (χ0v) is 18.0. The molecular weight excluding hydrogens is 420 g/mol. The first kappa shape index (κ1) is 20.5. The molecule has 12 heteroatoms. The average Bonchev–Trinajstić information content (AvgIpc) is 3.30. The number of hydrogen-bond acceptors (Lipinski definition) is 7. The highest BCUT2D eigenvalue weighted by Crippen LogP contribution is 2.37. The third kappa shape index (κ3) is 3.22. The van der Waals surface area contributed by atoms with Gasteiger partial charge in [-0.1, -0.05) is 6.92 Å². The van der Waals surface area contributed by atoms with Crippen LogP contribution in [0.2, 0.25) is 0 Å². The van der Waals surface area contributed by atoms with Crippen LogP contribution in [0.4, 0.5) is 20.4 Å². The lowest BCUT2D eigenvalue weighted by atomic mass is 10.0. The Morgan fingerprint density at radius 2 is 2.12 bits per heavy atom. The number of nitrogens with zero attached hydrogens (tertiary/aromatic N) is 8. The summed E-state index contributed by atoms with van der Waals surface area (Å²) in [5.41, 5.74) is 2.33. The Morgan fingerprint density at radius 3 is 2.88 bits per heavy atom. The molecule has 0 aromatic carbocycles. The average molecular weight is 443 g/mol. The molecule has 0 saturated carbocycles. The number of hydrogen-bond donors (Lipinski definition) is 1. The smallest absolute Gasteiger partial charge is 0.323 e. The number of imidazole rings is 1. The minimum Gasteiger partial charge on any atom is -0.323 e. The molecule has 0 bridgehead atoms. The molecular formula is C20H23F2N9O. The predicted molar refractivity (Wildman–Crippen MR) is 114 cm³/mol. The van der Waals surface area contributed by atoms with Gasteiger partial charge in [-0.3, -0.25) is 14.0 Å². The summed E-state index contributed by atoms with van der Waals surface area (Å²) in [7, 11) is 1.54. The van der Waals surface area contributed by atoms with Gasteiger partial charge in [0.25, 0.3) is 5.92 Å². The Balaban J connectivity index is 1.58. The van der Waals surface area contributed by atoms with Gasteiger partial charge in [-0.25, -0.2) is 28.1 Å². The summed E-state index contributed by atoms with van der Waals surface area (Å²) >= 11 is 0. The highest BCUT2D eigenvalue weighted by molar-refractivity contribution is 5.73. The van der Waals surface area contributed by atoms with Crippen molar-refractivity contribution in [2.45, 2.75) is 32.2 Å². The lowest BCUT2D eigenvalue weighted by Gasteiger charge is -2.38. The molecule has 4 aromatic rings. The fourth-order valence-corrected chi connectivity index (χ4v) is 4.27. The first-order valence-electron chi connectivity index (χ1n) is 10.4. The van der Waals surface area contributed by atoms with Crippen LogP contribution in [0.15, 0.2) is 29.6 Å². The van der Waals surface area contributed by atoms with Gasteiger partial charge in [0.1, 0.15) is 17.9 Å². The molecule has 0 radical (unpaired) electrons. The number of fused-ring (bicyclic) bond motifs is 2. The molecule has 1 aliphatic rings. The number of aryl methyl sites for hydroxylation is 2. The van der Waals surface area contributed by atoms with Crippen LogP contribution >= 0.6 is 0 Å². The Kier molecular flexibility index (Phi) is 4.69. The quantitative estimate of drug-likeness (QED) is 0.516. The molecule has 0 aliphatic carbocycles. The number of pyridine rings is 1. The summed E-state index contributed by atoms with van der Waals surface area (Å²) in [5.74, 6) is -2.85. The second kappa shape index (κ2) is 7.33. The molecule has 4 aromatic heterocycles. The maximum absolute atomic E-state index is 15.0. The van der Waals surface area contributed by atoms with E-state index in [-0.39, 0.29) is 24.6 Å². The minimum absolute atomic E-state index is 0.161. The molecule has 0 amide bonds. The lowest BCUT2D eigenvalue weighted by Crippen LogP contribution is -2.51. The maximum Gasteiger partial charge on any atom is 0.330 e. The molecule has 0 unspecified atom stereocenters. The molecule has 1 fully saturated rings. The van der Waals surface area contributed by atoms with E-state index in [9.17, 15) is 4.79 Å². The Labute approximate surface area is 181 Å². The van der Waals surface area contributed by atoms with Crippen molar-refractivity contribution in [3.05, 3.63) is 40.8 Å². The molecule has 1 N–H and O–H groups in total. The third-order valence-electron chi connectivity index (χ3n) is 6.10. The van der Waals surface area contributed by atoms with E-state index in [4.69, 9.17) is 0 Å². The molecule has 5 rings (SSSR count). The van der Waals surface area contributed by atoms with Gasteiger partial charge in [-0.05, 0) is 31.5 Å². The standard InChI is InChI=1S/C20H23F2N9O/c1-4-29-6-5-15(20(21,22)10-29)31-17-14(28(3)19(31)32)8-23-18(27-17)26-13-9-30-16(7-12(13)2)24-11-25-30/h7-9,11,15H,4-6,10H2,1-3H3,(H,23,26,27)/t15-/m1/s1. The highest BCUT2D eigenvalue weighted by Gasteiger charge is 2.47. The Morgan fingerprint density at radius 1 is 1.31 bits per heavy atom. The van der Waals surface area contributed by atoms with Crippen LogP contribution in [0, 0.1) is 6.92 Å². The van der Waals surface area contributed by atoms with Gasteiger partial charge in [-0.15, -0.1) is 0 Å². The summed E-state index contributed by atoms with van der Waals surface area (Å²) in [6, 6.07) is 0.589. The second-order valence-corrected chi connectivity index (χ2v) is 8.11. The van der Waals surface area contributed by atoms with Crippen LogP contribution in [0.5, 0.6) is 0 Å². The van der Waals surface area contributed by atoms with E-state index in [2.05, 4.69) is 25.4 Å². The van der Waals surface area contributed by atoms with Crippen molar-refractivity contribution < 1.29 is 8.78 Å². The van der Waals surface area contributed by atoms with Crippen molar-refractivity contribution in [1.29, 1.82) is 0 Å². The van der Waals surface area contributed by atoms with Gasteiger partial charge >= 0.3 is 5.69 Å². The number of nitrogens with one attached hydrogen (secondary N) is 1. The lowest BCUT2D eigenvalue weighted by molar-refractivity contribution is -0.102. The number of rotatable bonds is 4. The van der Waals surface area contributed by atoms with E-state index in [1.54, 1.807) is 22.7 Å². The van der Waals surface area contributed by atoms with Crippen LogP contribution in [-0.4, -0.2) is 64.2 Å². The van der Waals surface area contributed by atoms with Gasteiger partial charge in [0.05, 0.1) is 24.6 Å². The molecule has 32 heavy (non-hydrogen) atoms. The van der Waals surface area contributed by atoms with E-state index in [0.29, 0.717) is 29.9 Å². The van der Waals surface area contributed by atoms with Crippen molar-refractivity contribution in [1.82, 2.24) is 38.6 Å². The number of aromatic nitrogens is 7. The molecule has 1 atom stereocenters. The maximum atomic E-state index is 15.0. The normalized spacial score (nSPS) is 19.1. The molecule has 10 nitrogen and oxygen atoms in total. The number of alkyl halides is 2. The fraction of sp³-hybridized carbons (Fsp3) is 0.450. The van der Waals surface area contributed by atoms with E-state index in [0.717, 1.165) is 10.1 Å². The second-order valence-electron chi connectivity index (χ2n) is 8.11. The van der Waals surface area contributed by atoms with Gasteiger partial charge in [0, 0.05) is 13.6 Å². The van der Waals surface area contributed by atoms with E-state index < -0.39 is 17.7 Å². The predicted octanol–water partition coefficient (Wildman–Crippen LogP) is 2.13. The molecule has 1 saturated heterocycles. The third-order valence-corrected chi connectivity index (χ3v) is 6.10. The van der Waals surface area contributed by atoms with Crippen LogP contribution < -0.4 is 11.0 Å². The largest absolute Gasteiger partial charge is 0.330 e. The number of anilines is 2. The van der Waals surface area contributed by atoms with Gasteiger partial charge < -0.3 is 5.32 Å². The monoisotopic (exact) mass is 443 g/mol. The van der Waals surface area contributed by atoms with Gasteiger partial charge in [-0.2, -0.15) is 10.1 Å². The summed E-state index contributed by atoms with van der Waals surface area (Å²) in [5, 5.41) is 7.23. The van der Waals surface area contributed by atoms with Crippen LogP contribution in [0.25, 0.3) is 16.8 Å². The minimum atomic E-state index is -3.06. The van der Waals surface area contributed by atoms with Gasteiger partial charge in [0.15, 0.2) is 11.3 Å². The summed E-state index contributed by atoms with van der Waals surface area (Å²) < 4.78 is 34.1. The van der Waals surface area contributed by atoms with Crippen LogP contribution in [0.1, 0.15) is 24.9 Å². The highest BCUT2D eigenvalue weighted by atomic mass is 19.3. The number of likely N-dealkylation sites (tertiary alicyclic amines) is 1. The van der Waals surface area contributed by atoms with Crippen LogP contribution in [-0.2, 0) is 7.05 Å². The van der Waals surface area contributed by atoms with Crippen molar-refractivity contribution in [3.8, 4) is 0 Å². The molecule has 168 valence electrons. The Hall–Kier alpha value is -3.41. The Bertz CT molecular complexity index is 1370.